The van der Waals surface area contributed by atoms with E-state index < -0.39 is 0 Å². The SMILES string of the molecule is CCOC(=O)c1cc(-c2ccccc2)[nH]c1C. The molecule has 0 atom stereocenters. The maximum absolute atomic E-state index is 11.7. The van der Waals surface area contributed by atoms with Crippen LogP contribution in [0.2, 0.25) is 0 Å². The molecule has 1 aromatic heterocycles. The first-order valence-electron chi connectivity index (χ1n) is 5.64. The summed E-state index contributed by atoms with van der Waals surface area (Å²) in [5.41, 5.74) is 3.44. The van der Waals surface area contributed by atoms with Crippen molar-refractivity contribution in [3.63, 3.8) is 0 Å². The van der Waals surface area contributed by atoms with Gasteiger partial charge in [0.25, 0.3) is 0 Å². The van der Waals surface area contributed by atoms with Crippen LogP contribution in [0.25, 0.3) is 11.3 Å². The molecule has 3 heteroatoms. The average Bonchev–Trinajstić information content (AvgIpc) is 2.73. The molecule has 88 valence electrons. The molecule has 0 unspecified atom stereocenters. The van der Waals surface area contributed by atoms with Crippen LogP contribution in [0.3, 0.4) is 0 Å². The van der Waals surface area contributed by atoms with Gasteiger partial charge in [-0.2, -0.15) is 0 Å². The first-order valence-corrected chi connectivity index (χ1v) is 5.64. The number of esters is 1. The van der Waals surface area contributed by atoms with Crippen molar-refractivity contribution in [2.24, 2.45) is 0 Å². The quantitative estimate of drug-likeness (QED) is 0.821. The summed E-state index contributed by atoms with van der Waals surface area (Å²) in [4.78, 5) is 14.9. The van der Waals surface area contributed by atoms with Crippen molar-refractivity contribution in [2.45, 2.75) is 13.8 Å². The van der Waals surface area contributed by atoms with Gasteiger partial charge in [0.1, 0.15) is 0 Å². The standard InChI is InChI=1S/C14H15NO2/c1-3-17-14(16)12-9-13(15-10(12)2)11-7-5-4-6-8-11/h4-9,15H,3H2,1-2H3. The van der Waals surface area contributed by atoms with E-state index in [1.807, 2.05) is 43.3 Å². The van der Waals surface area contributed by atoms with E-state index in [0.29, 0.717) is 12.2 Å². The third-order valence-electron chi connectivity index (χ3n) is 2.59. The fourth-order valence-electron chi connectivity index (χ4n) is 1.75. The summed E-state index contributed by atoms with van der Waals surface area (Å²) in [5, 5.41) is 0. The molecule has 0 bridgehead atoms. The highest BCUT2D eigenvalue weighted by Gasteiger charge is 2.14. The monoisotopic (exact) mass is 229 g/mol. The summed E-state index contributed by atoms with van der Waals surface area (Å²) >= 11 is 0. The van der Waals surface area contributed by atoms with Crippen LogP contribution in [-0.2, 0) is 4.74 Å². The van der Waals surface area contributed by atoms with Gasteiger partial charge in [0, 0.05) is 11.4 Å². The zero-order valence-corrected chi connectivity index (χ0v) is 9.99. The van der Waals surface area contributed by atoms with E-state index in [4.69, 9.17) is 4.74 Å². The number of hydrogen-bond donors (Lipinski definition) is 1. The lowest BCUT2D eigenvalue weighted by Crippen LogP contribution is -2.04. The number of aromatic amines is 1. The lowest BCUT2D eigenvalue weighted by atomic mass is 10.1. The van der Waals surface area contributed by atoms with Gasteiger partial charge in [-0.25, -0.2) is 4.79 Å². The molecular formula is C14H15NO2. The molecule has 0 spiro atoms. The van der Waals surface area contributed by atoms with Crippen molar-refractivity contribution in [2.75, 3.05) is 6.61 Å². The van der Waals surface area contributed by atoms with Crippen LogP contribution in [0.15, 0.2) is 36.4 Å². The fraction of sp³-hybridized carbons (Fsp3) is 0.214. The first kappa shape index (κ1) is 11.5. The molecule has 1 aromatic carbocycles. The molecular weight excluding hydrogens is 214 g/mol. The number of H-pyrrole nitrogens is 1. The molecule has 0 amide bonds. The number of rotatable bonds is 3. The number of carbonyl (C=O) groups is 1. The Morgan fingerprint density at radius 3 is 2.65 bits per heavy atom. The van der Waals surface area contributed by atoms with Gasteiger partial charge in [0.15, 0.2) is 0 Å². The van der Waals surface area contributed by atoms with E-state index in [2.05, 4.69) is 4.98 Å². The van der Waals surface area contributed by atoms with Gasteiger partial charge in [-0.3, -0.25) is 0 Å². The highest BCUT2D eigenvalue weighted by Crippen LogP contribution is 2.21. The zero-order valence-electron chi connectivity index (χ0n) is 9.99. The van der Waals surface area contributed by atoms with Gasteiger partial charge in [-0.05, 0) is 25.5 Å². The molecule has 1 heterocycles. The Bertz CT molecular complexity index is 514. The van der Waals surface area contributed by atoms with Crippen molar-refractivity contribution in [3.8, 4) is 11.3 Å². The van der Waals surface area contributed by atoms with Gasteiger partial charge in [0.05, 0.1) is 12.2 Å². The smallest absolute Gasteiger partial charge is 0.339 e. The van der Waals surface area contributed by atoms with E-state index in [1.165, 1.54) is 0 Å². The summed E-state index contributed by atoms with van der Waals surface area (Å²) in [6.45, 7) is 4.07. The van der Waals surface area contributed by atoms with Gasteiger partial charge >= 0.3 is 5.97 Å². The van der Waals surface area contributed by atoms with Gasteiger partial charge < -0.3 is 9.72 Å². The maximum Gasteiger partial charge on any atom is 0.339 e. The minimum Gasteiger partial charge on any atom is -0.462 e. The van der Waals surface area contributed by atoms with E-state index in [9.17, 15) is 4.79 Å². The van der Waals surface area contributed by atoms with E-state index >= 15 is 0 Å². The topological polar surface area (TPSA) is 42.1 Å². The summed E-state index contributed by atoms with van der Waals surface area (Å²) in [6, 6.07) is 11.7. The highest BCUT2D eigenvalue weighted by atomic mass is 16.5. The fourth-order valence-corrected chi connectivity index (χ4v) is 1.75. The Hall–Kier alpha value is -2.03. The predicted molar refractivity (Wildman–Crippen MR) is 66.9 cm³/mol. The van der Waals surface area contributed by atoms with Crippen molar-refractivity contribution in [1.82, 2.24) is 4.98 Å². The number of nitrogens with one attached hydrogen (secondary N) is 1. The normalized spacial score (nSPS) is 10.2. The second-order valence-electron chi connectivity index (χ2n) is 3.81. The van der Waals surface area contributed by atoms with Crippen LogP contribution < -0.4 is 0 Å². The second kappa shape index (κ2) is 4.87. The average molecular weight is 229 g/mol. The number of ether oxygens (including phenoxy) is 1. The van der Waals surface area contributed by atoms with Crippen LogP contribution in [0.5, 0.6) is 0 Å². The van der Waals surface area contributed by atoms with Gasteiger partial charge in [-0.1, -0.05) is 30.3 Å². The van der Waals surface area contributed by atoms with E-state index in [0.717, 1.165) is 17.0 Å². The first-order chi connectivity index (χ1) is 8.22. The minimum atomic E-state index is -0.275. The summed E-state index contributed by atoms with van der Waals surface area (Å²) in [6.07, 6.45) is 0. The zero-order chi connectivity index (χ0) is 12.3. The van der Waals surface area contributed by atoms with Gasteiger partial charge in [0.2, 0.25) is 0 Å². The second-order valence-corrected chi connectivity index (χ2v) is 3.81. The Morgan fingerprint density at radius 1 is 1.29 bits per heavy atom. The van der Waals surface area contributed by atoms with Crippen molar-refractivity contribution in [1.29, 1.82) is 0 Å². The van der Waals surface area contributed by atoms with E-state index in [-0.39, 0.29) is 5.97 Å². The number of carbonyl (C=O) groups excluding carboxylic acids is 1. The highest BCUT2D eigenvalue weighted by molar-refractivity contribution is 5.92. The molecule has 0 aliphatic carbocycles. The molecule has 1 N–H and O–H groups in total. The molecule has 0 aliphatic heterocycles. The third-order valence-corrected chi connectivity index (χ3v) is 2.59. The van der Waals surface area contributed by atoms with Crippen LogP contribution >= 0.6 is 0 Å². The lowest BCUT2D eigenvalue weighted by Gasteiger charge is -1.98. The number of benzene rings is 1. The van der Waals surface area contributed by atoms with Crippen molar-refractivity contribution < 1.29 is 9.53 Å². The Balaban J connectivity index is 2.34. The largest absolute Gasteiger partial charge is 0.462 e. The molecule has 2 aromatic rings. The van der Waals surface area contributed by atoms with Crippen molar-refractivity contribution >= 4 is 5.97 Å². The minimum absolute atomic E-state index is 0.275. The molecule has 0 fully saturated rings. The maximum atomic E-state index is 11.7. The van der Waals surface area contributed by atoms with Crippen LogP contribution in [0, 0.1) is 6.92 Å². The Labute approximate surface area is 100 Å². The molecule has 0 saturated carbocycles. The molecule has 0 aliphatic rings. The lowest BCUT2D eigenvalue weighted by molar-refractivity contribution is 0.0526. The summed E-state index contributed by atoms with van der Waals surface area (Å²) < 4.78 is 5.00. The van der Waals surface area contributed by atoms with E-state index in [1.54, 1.807) is 6.92 Å². The Morgan fingerprint density at radius 2 is 2.00 bits per heavy atom. The van der Waals surface area contributed by atoms with Crippen LogP contribution in [0.1, 0.15) is 23.0 Å². The Kier molecular flexibility index (Phi) is 3.28. The van der Waals surface area contributed by atoms with Gasteiger partial charge in [-0.15, -0.1) is 0 Å². The van der Waals surface area contributed by atoms with Crippen molar-refractivity contribution in [3.05, 3.63) is 47.7 Å². The number of aryl methyl sites for hydroxylation is 1. The number of hydrogen-bond acceptors (Lipinski definition) is 2. The molecule has 0 radical (unpaired) electrons. The molecule has 0 saturated heterocycles. The molecule has 2 rings (SSSR count). The van der Waals surface area contributed by atoms with Crippen LogP contribution in [0.4, 0.5) is 0 Å². The van der Waals surface area contributed by atoms with Crippen LogP contribution in [-0.4, -0.2) is 17.6 Å². The summed E-state index contributed by atoms with van der Waals surface area (Å²) in [5.74, 6) is -0.275. The number of aromatic nitrogens is 1. The summed E-state index contributed by atoms with van der Waals surface area (Å²) in [7, 11) is 0. The molecule has 3 nitrogen and oxygen atoms in total. The third kappa shape index (κ3) is 2.38. The molecule has 17 heavy (non-hydrogen) atoms. The predicted octanol–water partition coefficient (Wildman–Crippen LogP) is 3.17.